The molecule has 31 heavy (non-hydrogen) atoms. The van der Waals surface area contributed by atoms with Gasteiger partial charge in [-0.15, -0.1) is 11.3 Å². The molecule has 2 aromatic heterocycles. The molecule has 0 saturated heterocycles. The molecule has 0 fully saturated rings. The van der Waals surface area contributed by atoms with E-state index >= 15 is 0 Å². The van der Waals surface area contributed by atoms with Gasteiger partial charge in [0.25, 0.3) is 5.91 Å². The van der Waals surface area contributed by atoms with Gasteiger partial charge in [0.2, 0.25) is 5.91 Å². The molecule has 0 spiro atoms. The van der Waals surface area contributed by atoms with Gasteiger partial charge < -0.3 is 5.32 Å². The van der Waals surface area contributed by atoms with Crippen LogP contribution in [-0.2, 0) is 11.2 Å². The first-order chi connectivity index (χ1) is 15.0. The van der Waals surface area contributed by atoms with E-state index in [1.165, 1.54) is 46.9 Å². The quantitative estimate of drug-likeness (QED) is 0.450. The second-order valence-electron chi connectivity index (χ2n) is 7.36. The van der Waals surface area contributed by atoms with Gasteiger partial charge in [0.05, 0.1) is 21.8 Å². The van der Waals surface area contributed by atoms with E-state index < -0.39 is 5.82 Å². The molecule has 6 nitrogen and oxygen atoms in total. The van der Waals surface area contributed by atoms with Gasteiger partial charge in [-0.25, -0.2) is 14.4 Å². The predicted octanol–water partition coefficient (Wildman–Crippen LogP) is 5.12. The van der Waals surface area contributed by atoms with Gasteiger partial charge in [-0.3, -0.25) is 14.9 Å². The Morgan fingerprint density at radius 2 is 1.81 bits per heavy atom. The first kappa shape index (κ1) is 19.8. The summed E-state index contributed by atoms with van der Waals surface area (Å²) in [5.41, 5.74) is 3.05. The van der Waals surface area contributed by atoms with Crippen LogP contribution in [0.25, 0.3) is 10.2 Å². The summed E-state index contributed by atoms with van der Waals surface area (Å²) < 4.78 is 14.1. The molecule has 1 atom stereocenters. The van der Waals surface area contributed by atoms with Crippen molar-refractivity contribution in [2.45, 2.75) is 25.7 Å². The molecule has 5 rings (SSSR count). The van der Waals surface area contributed by atoms with Crippen LogP contribution in [0.5, 0.6) is 0 Å². The van der Waals surface area contributed by atoms with Crippen molar-refractivity contribution in [3.8, 4) is 0 Å². The number of carbonyl (C=O) groups excluding carboxylic acids is 2. The zero-order valence-corrected chi connectivity index (χ0v) is 18.1. The minimum atomic E-state index is -0.401. The topological polar surface area (TPSA) is 84.0 Å². The Hall–Kier alpha value is -3.17. The molecule has 1 aliphatic carbocycles. The van der Waals surface area contributed by atoms with Crippen molar-refractivity contribution in [2.24, 2.45) is 0 Å². The number of benzene rings is 2. The highest BCUT2D eigenvalue weighted by Gasteiger charge is 2.33. The molecule has 9 heteroatoms. The summed E-state index contributed by atoms with van der Waals surface area (Å²) in [5.74, 6) is -1.28. The van der Waals surface area contributed by atoms with Gasteiger partial charge in [0.1, 0.15) is 5.82 Å². The van der Waals surface area contributed by atoms with E-state index in [4.69, 9.17) is 0 Å². The number of aromatic nitrogens is 2. The fraction of sp³-hybridized carbons (Fsp3) is 0.182. The van der Waals surface area contributed by atoms with Gasteiger partial charge in [0.15, 0.2) is 10.3 Å². The van der Waals surface area contributed by atoms with Gasteiger partial charge in [-0.05, 0) is 61.7 Å². The number of aryl methyl sites for hydroxylation is 2. The third-order valence-corrected chi connectivity index (χ3v) is 7.12. The fourth-order valence-corrected chi connectivity index (χ4v) is 5.58. The zero-order valence-electron chi connectivity index (χ0n) is 16.4. The van der Waals surface area contributed by atoms with E-state index in [1.54, 1.807) is 0 Å². The summed E-state index contributed by atoms with van der Waals surface area (Å²) in [4.78, 5) is 35.3. The second-order valence-corrected chi connectivity index (χ2v) is 9.47. The lowest BCUT2D eigenvalue weighted by Gasteiger charge is -2.08. The number of anilines is 2. The van der Waals surface area contributed by atoms with Crippen LogP contribution in [0.1, 0.15) is 38.8 Å². The maximum atomic E-state index is 13.1. The third-order valence-electron chi connectivity index (χ3n) is 5.14. The van der Waals surface area contributed by atoms with E-state index in [2.05, 4.69) is 20.6 Å². The predicted molar refractivity (Wildman–Crippen MR) is 121 cm³/mol. The lowest BCUT2D eigenvalue weighted by molar-refractivity contribution is -0.117. The number of halogens is 1. The summed E-state index contributed by atoms with van der Waals surface area (Å²) in [6.45, 7) is 2.02. The van der Waals surface area contributed by atoms with Gasteiger partial charge in [-0.2, -0.15) is 0 Å². The van der Waals surface area contributed by atoms with E-state index in [-0.39, 0.29) is 17.7 Å². The van der Waals surface area contributed by atoms with Crippen molar-refractivity contribution in [1.29, 1.82) is 0 Å². The number of hydrogen-bond donors (Lipinski definition) is 2. The van der Waals surface area contributed by atoms with Gasteiger partial charge in [0, 0.05) is 10.4 Å². The Balaban J connectivity index is 1.30. The summed E-state index contributed by atoms with van der Waals surface area (Å²) in [7, 11) is 0. The molecule has 4 aromatic rings. The molecule has 2 aromatic carbocycles. The van der Waals surface area contributed by atoms with Crippen LogP contribution in [0.4, 0.5) is 14.7 Å². The smallest absolute Gasteiger partial charge is 0.257 e. The third kappa shape index (κ3) is 3.94. The molecule has 1 aliphatic rings. The number of thiazole rings is 2. The molecule has 1 unspecified atom stereocenters. The molecule has 0 radical (unpaired) electrons. The molecule has 0 aliphatic heterocycles. The SMILES string of the molecule is Cc1ccc2nc(NC(=O)C3CCc4sc(NC(=O)c5ccc(F)cc5)nc43)sc2c1. The minimum absolute atomic E-state index is 0.142. The monoisotopic (exact) mass is 452 g/mol. The number of amides is 2. The number of carbonyl (C=O) groups is 2. The molecule has 0 bridgehead atoms. The summed E-state index contributed by atoms with van der Waals surface area (Å²) in [6.07, 6.45) is 1.41. The highest BCUT2D eigenvalue weighted by atomic mass is 32.1. The Morgan fingerprint density at radius 3 is 2.61 bits per heavy atom. The molecular formula is C22H17FN4O2S2. The first-order valence-corrected chi connectivity index (χ1v) is 11.3. The van der Waals surface area contributed by atoms with Crippen molar-refractivity contribution >= 4 is 55.0 Å². The standard InChI is InChI=1S/C22H17FN4O2S2/c1-11-2-8-15-17(10-11)31-21(24-15)27-20(29)14-7-9-16-18(14)25-22(30-16)26-19(28)12-3-5-13(23)6-4-12/h2-6,8,10,14H,7,9H2,1H3,(H,24,27,29)(H,25,26,28). The maximum Gasteiger partial charge on any atom is 0.257 e. The lowest BCUT2D eigenvalue weighted by Crippen LogP contribution is -2.20. The number of fused-ring (bicyclic) bond motifs is 2. The fourth-order valence-electron chi connectivity index (χ4n) is 3.58. The van der Waals surface area contributed by atoms with Crippen molar-refractivity contribution in [1.82, 2.24) is 9.97 Å². The largest absolute Gasteiger partial charge is 0.301 e. The van der Waals surface area contributed by atoms with E-state index in [9.17, 15) is 14.0 Å². The molecular weight excluding hydrogens is 435 g/mol. The Morgan fingerprint density at radius 1 is 1.03 bits per heavy atom. The molecule has 2 amide bonds. The van der Waals surface area contributed by atoms with E-state index in [1.807, 2.05) is 25.1 Å². The lowest BCUT2D eigenvalue weighted by atomic mass is 10.1. The second kappa shape index (κ2) is 7.82. The van der Waals surface area contributed by atoms with E-state index in [0.29, 0.717) is 27.9 Å². The summed E-state index contributed by atoms with van der Waals surface area (Å²) in [6, 6.07) is 11.3. The van der Waals surface area contributed by atoms with Crippen LogP contribution in [0.2, 0.25) is 0 Å². The average Bonchev–Trinajstić information content (AvgIpc) is 3.41. The highest BCUT2D eigenvalue weighted by molar-refractivity contribution is 7.22. The number of hydrogen-bond acceptors (Lipinski definition) is 6. The minimum Gasteiger partial charge on any atom is -0.301 e. The van der Waals surface area contributed by atoms with Crippen molar-refractivity contribution in [3.05, 3.63) is 70.0 Å². The number of rotatable bonds is 4. The number of nitrogens with one attached hydrogen (secondary N) is 2. The highest BCUT2D eigenvalue weighted by Crippen LogP contribution is 2.39. The summed E-state index contributed by atoms with van der Waals surface area (Å²) in [5, 5.41) is 6.67. The van der Waals surface area contributed by atoms with Crippen molar-refractivity contribution in [3.63, 3.8) is 0 Å². The zero-order chi connectivity index (χ0) is 21.5. The Kier molecular flexibility index (Phi) is 4.99. The number of nitrogens with zero attached hydrogens (tertiary/aromatic N) is 2. The maximum absolute atomic E-state index is 13.1. The summed E-state index contributed by atoms with van der Waals surface area (Å²) >= 11 is 2.82. The Bertz CT molecular complexity index is 1310. The van der Waals surface area contributed by atoms with Crippen LogP contribution in [-0.4, -0.2) is 21.8 Å². The van der Waals surface area contributed by atoms with Crippen molar-refractivity contribution in [2.75, 3.05) is 10.6 Å². The van der Waals surface area contributed by atoms with Gasteiger partial charge in [-0.1, -0.05) is 17.4 Å². The van der Waals surface area contributed by atoms with Gasteiger partial charge >= 0.3 is 0 Å². The average molecular weight is 453 g/mol. The normalized spacial score (nSPS) is 15.1. The first-order valence-electron chi connectivity index (χ1n) is 9.71. The Labute approximate surface area is 185 Å². The molecule has 0 saturated carbocycles. The molecule has 156 valence electrons. The van der Waals surface area contributed by atoms with E-state index in [0.717, 1.165) is 27.1 Å². The van der Waals surface area contributed by atoms with Crippen LogP contribution >= 0.6 is 22.7 Å². The molecule has 2 N–H and O–H groups in total. The van der Waals surface area contributed by atoms with Crippen LogP contribution in [0, 0.1) is 12.7 Å². The van der Waals surface area contributed by atoms with Crippen LogP contribution in [0.15, 0.2) is 42.5 Å². The van der Waals surface area contributed by atoms with Crippen LogP contribution < -0.4 is 10.6 Å². The van der Waals surface area contributed by atoms with Crippen LogP contribution in [0.3, 0.4) is 0 Å². The molecule has 2 heterocycles. The van der Waals surface area contributed by atoms with Crippen molar-refractivity contribution < 1.29 is 14.0 Å².